The summed E-state index contributed by atoms with van der Waals surface area (Å²) >= 11 is 1.56. The van der Waals surface area contributed by atoms with Crippen molar-refractivity contribution in [3.05, 3.63) is 40.7 Å². The predicted octanol–water partition coefficient (Wildman–Crippen LogP) is 3.01. The smallest absolute Gasteiger partial charge is 0.315 e. The van der Waals surface area contributed by atoms with E-state index in [9.17, 15) is 9.18 Å². The van der Waals surface area contributed by atoms with Crippen molar-refractivity contribution in [1.29, 1.82) is 0 Å². The summed E-state index contributed by atoms with van der Waals surface area (Å²) in [4.78, 5) is 17.7. The van der Waals surface area contributed by atoms with Gasteiger partial charge in [-0.25, -0.2) is 14.2 Å². The molecule has 3 N–H and O–H groups in total. The van der Waals surface area contributed by atoms with Gasteiger partial charge in [0.2, 0.25) is 0 Å². The van der Waals surface area contributed by atoms with E-state index in [0.29, 0.717) is 13.0 Å². The number of carbonyl (C=O) groups is 1. The van der Waals surface area contributed by atoms with Crippen LogP contribution in [0, 0.1) is 5.82 Å². The highest BCUT2D eigenvalue weighted by atomic mass is 32.1. The van der Waals surface area contributed by atoms with E-state index in [-0.39, 0.29) is 24.5 Å². The molecular formula is C17H20FN3O2S. The van der Waals surface area contributed by atoms with Crippen LogP contribution in [0.4, 0.5) is 9.18 Å². The molecule has 1 aromatic heterocycles. The number of rotatable bonds is 5. The Hall–Kier alpha value is -1.99. The average Bonchev–Trinajstić information content (AvgIpc) is 3.01. The van der Waals surface area contributed by atoms with Gasteiger partial charge in [-0.2, -0.15) is 0 Å². The lowest BCUT2D eigenvalue weighted by molar-refractivity contribution is 0.233. The molecule has 24 heavy (non-hydrogen) atoms. The second-order valence-electron chi connectivity index (χ2n) is 5.76. The molecular weight excluding hydrogens is 329 g/mol. The van der Waals surface area contributed by atoms with Crippen LogP contribution in [0.5, 0.6) is 0 Å². The van der Waals surface area contributed by atoms with Crippen LogP contribution in [0.15, 0.2) is 24.3 Å². The number of fused-ring (bicyclic) bond motifs is 1. The second kappa shape index (κ2) is 7.72. The Balaban J connectivity index is 1.73. The summed E-state index contributed by atoms with van der Waals surface area (Å²) in [5.74, 6) is -0.265. The van der Waals surface area contributed by atoms with E-state index in [1.165, 1.54) is 12.1 Å². The molecule has 3 rings (SSSR count). The van der Waals surface area contributed by atoms with Crippen LogP contribution in [0.1, 0.15) is 35.9 Å². The van der Waals surface area contributed by atoms with Gasteiger partial charge in [-0.05, 0) is 49.9 Å². The number of amides is 2. The number of carbonyl (C=O) groups excluding carboxylic acids is 1. The van der Waals surface area contributed by atoms with E-state index < -0.39 is 0 Å². The fraction of sp³-hybridized carbons (Fsp3) is 0.412. The standard InChI is InChI=1S/C17H20FN3O2S/c18-12-7-5-11(6-8-12)16-20-13-3-1-4-14(15(13)24-16)21-17(23)19-9-2-10-22/h5-8,14,22H,1-4,9-10H2,(H2,19,21,23). The van der Waals surface area contributed by atoms with Crippen molar-refractivity contribution in [2.24, 2.45) is 0 Å². The molecule has 1 aliphatic carbocycles. The first kappa shape index (κ1) is 16.9. The van der Waals surface area contributed by atoms with E-state index in [1.807, 2.05) is 0 Å². The van der Waals surface area contributed by atoms with Gasteiger partial charge >= 0.3 is 6.03 Å². The highest BCUT2D eigenvalue weighted by Gasteiger charge is 2.26. The normalized spacial score (nSPS) is 16.5. The van der Waals surface area contributed by atoms with Crippen LogP contribution >= 0.6 is 11.3 Å². The Morgan fingerprint density at radius 1 is 1.38 bits per heavy atom. The van der Waals surface area contributed by atoms with Crippen LogP contribution in [0.25, 0.3) is 10.6 Å². The van der Waals surface area contributed by atoms with E-state index in [1.54, 1.807) is 23.5 Å². The number of hydrogen-bond donors (Lipinski definition) is 3. The van der Waals surface area contributed by atoms with Gasteiger partial charge in [0.05, 0.1) is 16.6 Å². The van der Waals surface area contributed by atoms with Gasteiger partial charge in [0.1, 0.15) is 10.8 Å². The number of aliphatic hydroxyl groups excluding tert-OH is 1. The number of urea groups is 1. The minimum absolute atomic E-state index is 0.0467. The number of aromatic nitrogens is 1. The van der Waals surface area contributed by atoms with Crippen LogP contribution in [0.3, 0.4) is 0 Å². The summed E-state index contributed by atoms with van der Waals surface area (Å²) in [6.07, 6.45) is 3.29. The van der Waals surface area contributed by atoms with Gasteiger partial charge in [0, 0.05) is 18.7 Å². The molecule has 128 valence electrons. The molecule has 1 aromatic carbocycles. The average molecular weight is 349 g/mol. The highest BCUT2D eigenvalue weighted by molar-refractivity contribution is 7.15. The number of benzene rings is 1. The third-order valence-corrected chi connectivity index (χ3v) is 5.23. The maximum Gasteiger partial charge on any atom is 0.315 e. The third kappa shape index (κ3) is 3.91. The number of hydrogen-bond acceptors (Lipinski definition) is 4. The molecule has 0 saturated carbocycles. The van der Waals surface area contributed by atoms with Gasteiger partial charge in [0.25, 0.3) is 0 Å². The summed E-state index contributed by atoms with van der Waals surface area (Å²) in [5, 5.41) is 15.3. The molecule has 1 atom stereocenters. The molecule has 2 aromatic rings. The zero-order chi connectivity index (χ0) is 16.9. The molecule has 1 aliphatic rings. The quantitative estimate of drug-likeness (QED) is 0.727. The number of nitrogens with one attached hydrogen (secondary N) is 2. The molecule has 0 bridgehead atoms. The Labute approximate surface area is 143 Å². The first-order valence-corrected chi connectivity index (χ1v) is 8.90. The molecule has 0 saturated heterocycles. The number of aliphatic hydroxyl groups is 1. The zero-order valence-corrected chi connectivity index (χ0v) is 14.0. The summed E-state index contributed by atoms with van der Waals surface area (Å²) in [7, 11) is 0. The Morgan fingerprint density at radius 2 is 2.17 bits per heavy atom. The van der Waals surface area contributed by atoms with E-state index >= 15 is 0 Å². The molecule has 1 unspecified atom stereocenters. The highest BCUT2D eigenvalue weighted by Crippen LogP contribution is 2.37. The lowest BCUT2D eigenvalue weighted by Crippen LogP contribution is -2.39. The van der Waals surface area contributed by atoms with Crippen LogP contribution in [-0.4, -0.2) is 29.3 Å². The Kier molecular flexibility index (Phi) is 5.42. The van der Waals surface area contributed by atoms with Crippen LogP contribution in [0.2, 0.25) is 0 Å². The first-order valence-electron chi connectivity index (χ1n) is 8.08. The summed E-state index contributed by atoms with van der Waals surface area (Å²) < 4.78 is 13.1. The lowest BCUT2D eigenvalue weighted by Gasteiger charge is -2.22. The fourth-order valence-corrected chi connectivity index (χ4v) is 3.97. The first-order chi connectivity index (χ1) is 11.7. The molecule has 5 nitrogen and oxygen atoms in total. The SMILES string of the molecule is O=C(NCCCO)NC1CCCc2nc(-c3ccc(F)cc3)sc21. The third-order valence-electron chi connectivity index (χ3n) is 3.97. The monoisotopic (exact) mass is 349 g/mol. The van der Waals surface area contributed by atoms with Gasteiger partial charge in [-0.15, -0.1) is 11.3 Å². The van der Waals surface area contributed by atoms with Crippen LogP contribution in [-0.2, 0) is 6.42 Å². The largest absolute Gasteiger partial charge is 0.396 e. The van der Waals surface area contributed by atoms with Gasteiger partial charge in [0.15, 0.2) is 0 Å². The lowest BCUT2D eigenvalue weighted by atomic mass is 9.98. The summed E-state index contributed by atoms with van der Waals surface area (Å²) in [5.41, 5.74) is 1.91. The molecule has 0 aliphatic heterocycles. The van der Waals surface area contributed by atoms with Crippen molar-refractivity contribution in [2.45, 2.75) is 31.7 Å². The minimum Gasteiger partial charge on any atom is -0.396 e. The number of thiazole rings is 1. The molecule has 0 spiro atoms. The van der Waals surface area contributed by atoms with Gasteiger partial charge < -0.3 is 15.7 Å². The number of nitrogens with zero attached hydrogens (tertiary/aromatic N) is 1. The number of aryl methyl sites for hydroxylation is 1. The second-order valence-corrected chi connectivity index (χ2v) is 6.79. The van der Waals surface area contributed by atoms with Gasteiger partial charge in [-0.3, -0.25) is 0 Å². The van der Waals surface area contributed by atoms with Gasteiger partial charge in [-0.1, -0.05) is 0 Å². The minimum atomic E-state index is -0.265. The van der Waals surface area contributed by atoms with Crippen molar-refractivity contribution in [3.8, 4) is 10.6 Å². The molecule has 2 amide bonds. The van der Waals surface area contributed by atoms with Crippen molar-refractivity contribution < 1.29 is 14.3 Å². The van der Waals surface area contributed by atoms with E-state index in [0.717, 1.165) is 40.4 Å². The molecule has 1 heterocycles. The van der Waals surface area contributed by atoms with E-state index in [4.69, 9.17) is 5.11 Å². The predicted molar refractivity (Wildman–Crippen MR) is 91.4 cm³/mol. The number of halogens is 1. The molecule has 0 radical (unpaired) electrons. The Morgan fingerprint density at radius 3 is 2.92 bits per heavy atom. The zero-order valence-electron chi connectivity index (χ0n) is 13.2. The summed E-state index contributed by atoms with van der Waals surface area (Å²) in [6, 6.07) is 6.04. The van der Waals surface area contributed by atoms with Crippen molar-refractivity contribution in [3.63, 3.8) is 0 Å². The topological polar surface area (TPSA) is 74.2 Å². The fourth-order valence-electron chi connectivity index (χ4n) is 2.76. The molecule has 7 heteroatoms. The molecule has 0 fully saturated rings. The van der Waals surface area contributed by atoms with Crippen molar-refractivity contribution in [2.75, 3.05) is 13.2 Å². The summed E-state index contributed by atoms with van der Waals surface area (Å²) in [6.45, 7) is 0.509. The Bertz CT molecular complexity index is 702. The maximum atomic E-state index is 13.1. The van der Waals surface area contributed by atoms with Crippen molar-refractivity contribution in [1.82, 2.24) is 15.6 Å². The van der Waals surface area contributed by atoms with Crippen molar-refractivity contribution >= 4 is 17.4 Å². The van der Waals surface area contributed by atoms with E-state index in [2.05, 4.69) is 15.6 Å². The maximum absolute atomic E-state index is 13.1. The van der Waals surface area contributed by atoms with Crippen LogP contribution < -0.4 is 10.6 Å².